The second-order valence-electron chi connectivity index (χ2n) is 9.16. The molecule has 0 aromatic heterocycles. The van der Waals surface area contributed by atoms with E-state index < -0.39 is 28.7 Å². The minimum Gasteiger partial charge on any atom is -0.455 e. The molecule has 2 aliphatic rings. The summed E-state index contributed by atoms with van der Waals surface area (Å²) in [5.41, 5.74) is -1.47. The van der Waals surface area contributed by atoms with Crippen LogP contribution in [0.4, 0.5) is 0 Å². The quantitative estimate of drug-likeness (QED) is 0.111. The standard InChI is InChI=1S/C23H36O8/c1-7-20(3,4)26-18(24)16-14-12-10-9-11-13-15-17-22(28-29-22)23(30-31-23)19(25)27-21(5,6)8-2/h7-8H,1-2,9-17H2,3-6H3. The molecule has 0 bridgehead atoms. The molecule has 0 aromatic rings. The minimum atomic E-state index is -1.65. The number of hydrogen-bond acceptors (Lipinski definition) is 8. The first-order chi connectivity index (χ1) is 14.5. The molecule has 0 atom stereocenters. The summed E-state index contributed by atoms with van der Waals surface area (Å²) >= 11 is 0. The Bertz CT molecular complexity index is 658. The van der Waals surface area contributed by atoms with Gasteiger partial charge >= 0.3 is 23.5 Å². The van der Waals surface area contributed by atoms with Gasteiger partial charge in [-0.15, -0.1) is 0 Å². The van der Waals surface area contributed by atoms with E-state index in [9.17, 15) is 9.59 Å². The van der Waals surface area contributed by atoms with Gasteiger partial charge in [-0.05, 0) is 52.7 Å². The van der Waals surface area contributed by atoms with Gasteiger partial charge in [0.2, 0.25) is 0 Å². The minimum absolute atomic E-state index is 0.187. The summed E-state index contributed by atoms with van der Waals surface area (Å²) in [6.07, 6.45) is 10.7. The molecule has 0 saturated carbocycles. The van der Waals surface area contributed by atoms with E-state index in [2.05, 4.69) is 13.2 Å². The van der Waals surface area contributed by atoms with Gasteiger partial charge in [0.25, 0.3) is 0 Å². The number of rotatable bonds is 16. The number of carbonyl (C=O) groups excluding carboxylic acids is 2. The molecule has 2 fully saturated rings. The Labute approximate surface area is 184 Å². The smallest absolute Gasteiger partial charge is 0.387 e. The van der Waals surface area contributed by atoms with Crippen molar-refractivity contribution in [1.29, 1.82) is 0 Å². The predicted octanol–water partition coefficient (Wildman–Crippen LogP) is 4.83. The van der Waals surface area contributed by atoms with Crippen molar-refractivity contribution in [3.8, 4) is 0 Å². The Hall–Kier alpha value is -1.74. The SMILES string of the molecule is C=CC(C)(C)OC(=O)CCCCCCCCCC1(C2(C(=O)OC(C)(C)C=C)OO2)OO1. The van der Waals surface area contributed by atoms with Crippen molar-refractivity contribution in [2.24, 2.45) is 0 Å². The molecule has 31 heavy (non-hydrogen) atoms. The zero-order valence-corrected chi connectivity index (χ0v) is 19.2. The van der Waals surface area contributed by atoms with E-state index in [0.29, 0.717) is 12.8 Å². The van der Waals surface area contributed by atoms with Gasteiger partial charge in [-0.25, -0.2) is 4.79 Å². The normalized spacial score (nSPS) is 18.7. The van der Waals surface area contributed by atoms with Crippen LogP contribution in [-0.2, 0) is 38.6 Å². The van der Waals surface area contributed by atoms with Gasteiger partial charge in [0.15, 0.2) is 0 Å². The highest BCUT2D eigenvalue weighted by Gasteiger charge is 2.83. The zero-order chi connectivity index (χ0) is 23.2. The first-order valence-electron chi connectivity index (χ1n) is 11.0. The molecule has 176 valence electrons. The largest absolute Gasteiger partial charge is 0.455 e. The van der Waals surface area contributed by atoms with E-state index in [0.717, 1.165) is 44.9 Å². The summed E-state index contributed by atoms with van der Waals surface area (Å²) in [5.74, 6) is -3.76. The fourth-order valence-electron chi connectivity index (χ4n) is 3.04. The van der Waals surface area contributed by atoms with Gasteiger partial charge in [0, 0.05) is 12.8 Å². The summed E-state index contributed by atoms with van der Waals surface area (Å²) in [4.78, 5) is 44.3. The summed E-state index contributed by atoms with van der Waals surface area (Å²) in [7, 11) is 0. The Morgan fingerprint density at radius 2 is 1.26 bits per heavy atom. The summed E-state index contributed by atoms with van der Waals surface area (Å²) in [5, 5.41) is 0. The third-order valence-electron chi connectivity index (χ3n) is 5.41. The van der Waals surface area contributed by atoms with E-state index in [4.69, 9.17) is 29.0 Å². The predicted molar refractivity (Wildman–Crippen MR) is 112 cm³/mol. The van der Waals surface area contributed by atoms with Crippen molar-refractivity contribution in [2.75, 3.05) is 0 Å². The van der Waals surface area contributed by atoms with Crippen LogP contribution in [0.5, 0.6) is 0 Å². The Kier molecular flexibility index (Phi) is 8.44. The highest BCUT2D eigenvalue weighted by atomic mass is 17.5. The van der Waals surface area contributed by atoms with Crippen molar-refractivity contribution >= 4 is 11.9 Å². The topological polar surface area (TPSA) is 103 Å². The molecule has 0 spiro atoms. The Morgan fingerprint density at radius 1 is 0.774 bits per heavy atom. The highest BCUT2D eigenvalue weighted by molar-refractivity contribution is 5.81. The Balaban J connectivity index is 1.56. The molecule has 0 amide bonds. The summed E-state index contributed by atoms with van der Waals surface area (Å²) in [6, 6.07) is 0. The molecular weight excluding hydrogens is 404 g/mol. The average Bonchev–Trinajstić information content (AvgIpc) is 3.60. The molecule has 2 saturated heterocycles. The molecule has 0 unspecified atom stereocenters. The molecule has 2 heterocycles. The van der Waals surface area contributed by atoms with Crippen LogP contribution in [-0.4, -0.2) is 34.7 Å². The maximum Gasteiger partial charge on any atom is 0.387 e. The van der Waals surface area contributed by atoms with Gasteiger partial charge in [-0.3, -0.25) is 4.79 Å². The molecule has 8 nitrogen and oxygen atoms in total. The van der Waals surface area contributed by atoms with Gasteiger partial charge in [0.05, 0.1) is 0 Å². The lowest BCUT2D eigenvalue weighted by atomic mass is 9.99. The van der Waals surface area contributed by atoms with Crippen LogP contribution in [0.3, 0.4) is 0 Å². The fourth-order valence-corrected chi connectivity index (χ4v) is 3.04. The van der Waals surface area contributed by atoms with Crippen LogP contribution >= 0.6 is 0 Å². The van der Waals surface area contributed by atoms with Crippen molar-refractivity contribution in [3.63, 3.8) is 0 Å². The maximum atomic E-state index is 12.4. The summed E-state index contributed by atoms with van der Waals surface area (Å²) in [6.45, 7) is 14.3. The van der Waals surface area contributed by atoms with Gasteiger partial charge in [-0.1, -0.05) is 45.3 Å². The molecule has 8 heteroatoms. The second-order valence-corrected chi connectivity index (χ2v) is 9.16. The molecule has 0 aromatic carbocycles. The number of ether oxygens (including phenoxy) is 2. The van der Waals surface area contributed by atoms with E-state index in [-0.39, 0.29) is 5.97 Å². The van der Waals surface area contributed by atoms with Crippen molar-refractivity contribution in [2.45, 2.75) is 108 Å². The van der Waals surface area contributed by atoms with Crippen LogP contribution in [0.25, 0.3) is 0 Å². The lowest BCUT2D eigenvalue weighted by molar-refractivity contribution is -0.164. The fraction of sp³-hybridized carbons (Fsp3) is 0.739. The number of carbonyl (C=O) groups is 2. The lowest BCUT2D eigenvalue weighted by Gasteiger charge is -2.22. The molecule has 0 aliphatic carbocycles. The highest BCUT2D eigenvalue weighted by Crippen LogP contribution is 2.55. The first kappa shape index (κ1) is 25.5. The van der Waals surface area contributed by atoms with Crippen LogP contribution < -0.4 is 0 Å². The third kappa shape index (κ3) is 7.14. The van der Waals surface area contributed by atoms with E-state index in [1.54, 1.807) is 19.9 Å². The molecule has 0 N–H and O–H groups in total. The van der Waals surface area contributed by atoms with E-state index >= 15 is 0 Å². The number of hydrogen-bond donors (Lipinski definition) is 0. The average molecular weight is 441 g/mol. The molecule has 0 radical (unpaired) electrons. The van der Waals surface area contributed by atoms with Gasteiger partial charge < -0.3 is 9.47 Å². The van der Waals surface area contributed by atoms with Crippen LogP contribution in [0.15, 0.2) is 25.3 Å². The Morgan fingerprint density at radius 3 is 1.74 bits per heavy atom. The first-order valence-corrected chi connectivity index (χ1v) is 11.0. The van der Waals surface area contributed by atoms with Crippen LogP contribution in [0.2, 0.25) is 0 Å². The van der Waals surface area contributed by atoms with E-state index in [1.807, 2.05) is 13.8 Å². The van der Waals surface area contributed by atoms with Crippen molar-refractivity contribution in [3.05, 3.63) is 25.3 Å². The van der Waals surface area contributed by atoms with E-state index in [1.165, 1.54) is 6.08 Å². The number of esters is 2. The maximum absolute atomic E-state index is 12.4. The zero-order valence-electron chi connectivity index (χ0n) is 19.2. The second kappa shape index (κ2) is 10.3. The molecular formula is C23H36O8. The number of unbranched alkanes of at least 4 members (excludes halogenated alkanes) is 6. The van der Waals surface area contributed by atoms with Crippen molar-refractivity contribution in [1.82, 2.24) is 0 Å². The summed E-state index contributed by atoms with van der Waals surface area (Å²) < 4.78 is 10.7. The van der Waals surface area contributed by atoms with Crippen LogP contribution in [0, 0.1) is 0 Å². The van der Waals surface area contributed by atoms with Gasteiger partial charge in [-0.2, -0.15) is 19.6 Å². The van der Waals surface area contributed by atoms with Gasteiger partial charge in [0.1, 0.15) is 11.2 Å². The molecule has 2 rings (SSSR count). The van der Waals surface area contributed by atoms with Crippen LogP contribution in [0.1, 0.15) is 85.5 Å². The lowest BCUT2D eigenvalue weighted by Crippen LogP contribution is -2.45. The third-order valence-corrected chi connectivity index (χ3v) is 5.41. The molecule has 2 aliphatic heterocycles. The van der Waals surface area contributed by atoms with Crippen molar-refractivity contribution < 1.29 is 38.6 Å². The monoisotopic (exact) mass is 440 g/mol.